The van der Waals surface area contributed by atoms with Gasteiger partial charge in [-0.25, -0.2) is 9.37 Å². The van der Waals surface area contributed by atoms with Crippen molar-refractivity contribution in [2.75, 3.05) is 13.1 Å². The number of benzene rings is 1. The van der Waals surface area contributed by atoms with E-state index in [0.29, 0.717) is 30.6 Å². The van der Waals surface area contributed by atoms with E-state index in [1.54, 1.807) is 36.2 Å². The summed E-state index contributed by atoms with van der Waals surface area (Å²) in [5.41, 5.74) is 1.57. The molecule has 6 heteroatoms. The number of rotatable bonds is 3. The Bertz CT molecular complexity index is 738. The summed E-state index contributed by atoms with van der Waals surface area (Å²) in [6.07, 6.45) is 3.44. The van der Waals surface area contributed by atoms with Crippen LogP contribution in [0.4, 0.5) is 4.39 Å². The smallest absolute Gasteiger partial charge is 0.274 e. The van der Waals surface area contributed by atoms with Gasteiger partial charge in [-0.05, 0) is 37.3 Å². The van der Waals surface area contributed by atoms with Gasteiger partial charge in [-0.3, -0.25) is 9.78 Å². The molecule has 126 valence electrons. The number of β-amino-alcohol motifs (C(OH)–C–C–N with tert-alkyl or cyclic N) is 1. The van der Waals surface area contributed by atoms with Crippen molar-refractivity contribution in [1.29, 1.82) is 0 Å². The molecule has 3 rings (SSSR count). The molecule has 0 aliphatic carbocycles. The van der Waals surface area contributed by atoms with Crippen LogP contribution in [0.15, 0.2) is 36.7 Å². The zero-order valence-electron chi connectivity index (χ0n) is 13.5. The molecule has 1 N–H and O–H groups in total. The lowest BCUT2D eigenvalue weighted by Crippen LogP contribution is -2.47. The number of hydrogen-bond acceptors (Lipinski definition) is 4. The highest BCUT2D eigenvalue weighted by Crippen LogP contribution is 2.24. The van der Waals surface area contributed by atoms with E-state index in [-0.39, 0.29) is 29.9 Å². The second-order valence-corrected chi connectivity index (χ2v) is 6.21. The monoisotopic (exact) mass is 329 g/mol. The number of aliphatic hydroxyl groups excluding tert-OH is 1. The van der Waals surface area contributed by atoms with Crippen molar-refractivity contribution in [3.05, 3.63) is 59.4 Å². The van der Waals surface area contributed by atoms with E-state index in [2.05, 4.69) is 9.97 Å². The number of aromatic nitrogens is 2. The lowest BCUT2D eigenvalue weighted by atomic mass is 9.87. The minimum Gasteiger partial charge on any atom is -0.391 e. The lowest BCUT2D eigenvalue weighted by molar-refractivity contribution is 0.0192. The quantitative estimate of drug-likeness (QED) is 0.935. The molecule has 0 spiro atoms. The van der Waals surface area contributed by atoms with E-state index in [1.165, 1.54) is 12.3 Å². The largest absolute Gasteiger partial charge is 0.391 e. The van der Waals surface area contributed by atoms with Gasteiger partial charge in [0, 0.05) is 19.3 Å². The minimum absolute atomic E-state index is 0.0606. The molecule has 0 bridgehead atoms. The molecule has 2 atom stereocenters. The average molecular weight is 329 g/mol. The third kappa shape index (κ3) is 3.59. The maximum absolute atomic E-state index is 13.8. The van der Waals surface area contributed by atoms with Crippen LogP contribution < -0.4 is 0 Å². The van der Waals surface area contributed by atoms with Crippen LogP contribution in [0.5, 0.6) is 0 Å². The van der Waals surface area contributed by atoms with Crippen LogP contribution in [0.2, 0.25) is 0 Å². The molecule has 1 aromatic carbocycles. The van der Waals surface area contributed by atoms with Crippen LogP contribution in [-0.4, -0.2) is 45.1 Å². The molecule has 0 saturated carbocycles. The Labute approximate surface area is 140 Å². The van der Waals surface area contributed by atoms with Crippen molar-refractivity contribution in [3.63, 3.8) is 0 Å². The second-order valence-electron chi connectivity index (χ2n) is 6.21. The highest BCUT2D eigenvalue weighted by Gasteiger charge is 2.31. The maximum atomic E-state index is 13.8. The van der Waals surface area contributed by atoms with Gasteiger partial charge in [0.15, 0.2) is 0 Å². The number of carbonyl (C=O) groups is 1. The SMILES string of the molecule is Cc1cncc(C(=O)N2CC[C@H](Cc3ccccc3F)[C@H](O)C2)n1. The number of nitrogens with zero attached hydrogens (tertiary/aromatic N) is 3. The van der Waals surface area contributed by atoms with Crippen molar-refractivity contribution in [3.8, 4) is 0 Å². The number of likely N-dealkylation sites (tertiary alicyclic amines) is 1. The standard InChI is InChI=1S/C18H20FN3O2/c1-12-9-20-10-16(21-12)18(24)22-7-6-14(17(23)11-22)8-13-4-2-3-5-15(13)19/h2-5,9-10,14,17,23H,6-8,11H2,1H3/t14-,17-/m1/s1. The van der Waals surface area contributed by atoms with Crippen LogP contribution >= 0.6 is 0 Å². The summed E-state index contributed by atoms with van der Waals surface area (Å²) in [4.78, 5) is 22.2. The van der Waals surface area contributed by atoms with E-state index in [1.807, 2.05) is 0 Å². The molecule has 1 aliphatic rings. The van der Waals surface area contributed by atoms with Gasteiger partial charge in [0.25, 0.3) is 5.91 Å². The van der Waals surface area contributed by atoms with Gasteiger partial charge in [-0.2, -0.15) is 0 Å². The predicted octanol–water partition coefficient (Wildman–Crippen LogP) is 1.99. The fourth-order valence-electron chi connectivity index (χ4n) is 3.08. The van der Waals surface area contributed by atoms with Crippen molar-refractivity contribution >= 4 is 5.91 Å². The van der Waals surface area contributed by atoms with Gasteiger partial charge < -0.3 is 10.0 Å². The molecule has 1 saturated heterocycles. The zero-order chi connectivity index (χ0) is 17.1. The fraction of sp³-hybridized carbons (Fsp3) is 0.389. The molecule has 2 heterocycles. The molecule has 2 aromatic rings. The molecular formula is C18H20FN3O2. The third-order valence-electron chi connectivity index (χ3n) is 4.42. The summed E-state index contributed by atoms with van der Waals surface area (Å²) in [6.45, 7) is 2.53. The average Bonchev–Trinajstić information content (AvgIpc) is 2.58. The summed E-state index contributed by atoms with van der Waals surface area (Å²) in [6, 6.07) is 6.61. The molecule has 24 heavy (non-hydrogen) atoms. The molecule has 1 aliphatic heterocycles. The third-order valence-corrected chi connectivity index (χ3v) is 4.42. The summed E-state index contributed by atoms with van der Waals surface area (Å²) in [5.74, 6) is -0.539. The molecule has 0 unspecified atom stereocenters. The van der Waals surface area contributed by atoms with Gasteiger partial charge in [0.1, 0.15) is 11.5 Å². The zero-order valence-corrected chi connectivity index (χ0v) is 13.5. The Hall–Kier alpha value is -2.34. The number of amides is 1. The van der Waals surface area contributed by atoms with E-state index in [4.69, 9.17) is 0 Å². The van der Waals surface area contributed by atoms with Crippen molar-refractivity contribution in [2.24, 2.45) is 5.92 Å². The first-order valence-electron chi connectivity index (χ1n) is 8.04. The molecular weight excluding hydrogens is 309 g/mol. The number of piperidine rings is 1. The van der Waals surface area contributed by atoms with Crippen LogP contribution in [0, 0.1) is 18.7 Å². The first kappa shape index (κ1) is 16.5. The number of aliphatic hydroxyl groups is 1. The molecule has 5 nitrogen and oxygen atoms in total. The Morgan fingerprint density at radius 1 is 1.38 bits per heavy atom. The van der Waals surface area contributed by atoms with E-state index in [9.17, 15) is 14.3 Å². The van der Waals surface area contributed by atoms with Crippen molar-refractivity contribution < 1.29 is 14.3 Å². The first-order valence-corrected chi connectivity index (χ1v) is 8.04. The highest BCUT2D eigenvalue weighted by atomic mass is 19.1. The fourth-order valence-corrected chi connectivity index (χ4v) is 3.08. The second kappa shape index (κ2) is 7.05. The van der Waals surface area contributed by atoms with Gasteiger partial charge in [0.2, 0.25) is 0 Å². The first-order chi connectivity index (χ1) is 11.5. The normalized spacial score (nSPS) is 20.9. The van der Waals surface area contributed by atoms with Gasteiger partial charge >= 0.3 is 0 Å². The maximum Gasteiger partial charge on any atom is 0.274 e. The number of halogens is 1. The molecule has 0 radical (unpaired) electrons. The van der Waals surface area contributed by atoms with Crippen LogP contribution in [0.25, 0.3) is 0 Å². The highest BCUT2D eigenvalue weighted by molar-refractivity contribution is 5.92. The summed E-state index contributed by atoms with van der Waals surface area (Å²) >= 11 is 0. The van der Waals surface area contributed by atoms with Gasteiger partial charge in [-0.1, -0.05) is 18.2 Å². The topological polar surface area (TPSA) is 66.3 Å². The Morgan fingerprint density at radius 3 is 2.88 bits per heavy atom. The number of hydrogen-bond donors (Lipinski definition) is 1. The van der Waals surface area contributed by atoms with Crippen LogP contribution in [0.3, 0.4) is 0 Å². The number of aryl methyl sites for hydroxylation is 1. The molecule has 1 aromatic heterocycles. The summed E-state index contributed by atoms with van der Waals surface area (Å²) in [7, 11) is 0. The molecule has 1 fully saturated rings. The van der Waals surface area contributed by atoms with Crippen molar-refractivity contribution in [2.45, 2.75) is 25.9 Å². The number of carbonyl (C=O) groups excluding carboxylic acids is 1. The van der Waals surface area contributed by atoms with Crippen LogP contribution in [-0.2, 0) is 6.42 Å². The minimum atomic E-state index is -0.680. The van der Waals surface area contributed by atoms with Crippen LogP contribution in [0.1, 0.15) is 28.2 Å². The van der Waals surface area contributed by atoms with Gasteiger partial charge in [0.05, 0.1) is 18.0 Å². The van der Waals surface area contributed by atoms with Gasteiger partial charge in [-0.15, -0.1) is 0 Å². The van der Waals surface area contributed by atoms with E-state index in [0.717, 1.165) is 0 Å². The lowest BCUT2D eigenvalue weighted by Gasteiger charge is -2.36. The van der Waals surface area contributed by atoms with Crippen molar-refractivity contribution in [1.82, 2.24) is 14.9 Å². The van der Waals surface area contributed by atoms with E-state index >= 15 is 0 Å². The summed E-state index contributed by atoms with van der Waals surface area (Å²) < 4.78 is 13.8. The van der Waals surface area contributed by atoms with E-state index < -0.39 is 6.10 Å². The summed E-state index contributed by atoms with van der Waals surface area (Å²) in [5, 5.41) is 10.4. The predicted molar refractivity (Wildman–Crippen MR) is 86.9 cm³/mol. The Balaban J connectivity index is 1.65. The Morgan fingerprint density at radius 2 is 2.17 bits per heavy atom. The Kier molecular flexibility index (Phi) is 4.85. The molecule has 1 amide bonds.